The van der Waals surface area contributed by atoms with Crippen molar-refractivity contribution in [1.29, 1.82) is 0 Å². The van der Waals surface area contributed by atoms with E-state index in [2.05, 4.69) is 10.1 Å². The summed E-state index contributed by atoms with van der Waals surface area (Å²) in [4.78, 5) is 30.8. The van der Waals surface area contributed by atoms with E-state index >= 15 is 0 Å². The molecular weight excluding hydrogens is 374 g/mol. The van der Waals surface area contributed by atoms with Crippen LogP contribution in [0.4, 0.5) is 0 Å². The van der Waals surface area contributed by atoms with E-state index in [0.29, 0.717) is 55.4 Å². The minimum atomic E-state index is -0.187. The summed E-state index contributed by atoms with van der Waals surface area (Å²) in [7, 11) is 3.14. The summed E-state index contributed by atoms with van der Waals surface area (Å²) >= 11 is 0. The molecule has 0 bridgehead atoms. The molecular formula is C21H23N3O5. The number of carbonyl (C=O) groups excluding carboxylic acids is 2. The van der Waals surface area contributed by atoms with Crippen LogP contribution in [0, 0.1) is 11.8 Å². The summed E-state index contributed by atoms with van der Waals surface area (Å²) in [6, 6.07) is 5.39. The third kappa shape index (κ3) is 3.62. The smallest absolute Gasteiger partial charge is 0.233 e. The van der Waals surface area contributed by atoms with Gasteiger partial charge in [0, 0.05) is 18.5 Å². The standard InChI is InChI=1S/C21H23N3O5/c1-27-16-10-9-13(12-17(16)28-2)19-22-18(29-23-19)8-5-11-24-20(25)14-6-3-4-7-15(14)21(24)26/h3-4,9-10,12,14-15H,5-8,11H2,1-2H3/t14-,15-/m0/s1. The van der Waals surface area contributed by atoms with E-state index in [4.69, 9.17) is 14.0 Å². The van der Waals surface area contributed by atoms with E-state index in [1.54, 1.807) is 26.4 Å². The highest BCUT2D eigenvalue weighted by Crippen LogP contribution is 2.35. The first kappa shape index (κ1) is 19.2. The van der Waals surface area contributed by atoms with Gasteiger partial charge in [-0.05, 0) is 37.5 Å². The van der Waals surface area contributed by atoms with Crippen molar-refractivity contribution in [3.8, 4) is 22.9 Å². The number of benzene rings is 1. The second kappa shape index (κ2) is 8.06. The maximum atomic E-state index is 12.5. The Kier molecular flexibility index (Phi) is 5.33. The van der Waals surface area contributed by atoms with Crippen molar-refractivity contribution in [3.05, 3.63) is 36.2 Å². The van der Waals surface area contributed by atoms with Crippen molar-refractivity contribution in [2.45, 2.75) is 25.7 Å². The van der Waals surface area contributed by atoms with Crippen LogP contribution in [0.2, 0.25) is 0 Å². The van der Waals surface area contributed by atoms with Crippen LogP contribution >= 0.6 is 0 Å². The molecule has 2 aliphatic rings. The quantitative estimate of drug-likeness (QED) is 0.523. The van der Waals surface area contributed by atoms with E-state index in [-0.39, 0.29) is 23.7 Å². The monoisotopic (exact) mass is 397 g/mol. The molecule has 1 aromatic heterocycles. The van der Waals surface area contributed by atoms with Crippen LogP contribution in [-0.4, -0.2) is 47.6 Å². The number of allylic oxidation sites excluding steroid dienone is 2. The van der Waals surface area contributed by atoms with Crippen LogP contribution in [0.1, 0.15) is 25.2 Å². The molecule has 2 aromatic rings. The number of amides is 2. The van der Waals surface area contributed by atoms with Crippen LogP contribution in [-0.2, 0) is 16.0 Å². The molecule has 0 spiro atoms. The molecule has 8 heteroatoms. The van der Waals surface area contributed by atoms with E-state index in [9.17, 15) is 9.59 Å². The number of nitrogens with zero attached hydrogens (tertiary/aromatic N) is 3. The van der Waals surface area contributed by atoms with Crippen LogP contribution < -0.4 is 9.47 Å². The first-order chi connectivity index (χ1) is 14.1. The van der Waals surface area contributed by atoms with Gasteiger partial charge in [0.15, 0.2) is 11.5 Å². The third-order valence-corrected chi connectivity index (χ3v) is 5.48. The molecule has 1 aromatic carbocycles. The molecule has 2 heterocycles. The van der Waals surface area contributed by atoms with Gasteiger partial charge in [0.1, 0.15) is 0 Å². The predicted octanol–water partition coefficient (Wildman–Crippen LogP) is 2.64. The highest BCUT2D eigenvalue weighted by Gasteiger charge is 2.46. The lowest BCUT2D eigenvalue weighted by atomic mass is 9.85. The van der Waals surface area contributed by atoms with E-state index < -0.39 is 0 Å². The second-order valence-corrected chi connectivity index (χ2v) is 7.17. The number of hydrogen-bond donors (Lipinski definition) is 0. The van der Waals surface area contributed by atoms with Crippen molar-refractivity contribution in [1.82, 2.24) is 15.0 Å². The van der Waals surface area contributed by atoms with Crippen LogP contribution in [0.3, 0.4) is 0 Å². The van der Waals surface area contributed by atoms with Gasteiger partial charge >= 0.3 is 0 Å². The van der Waals surface area contributed by atoms with Gasteiger partial charge < -0.3 is 14.0 Å². The summed E-state index contributed by atoms with van der Waals surface area (Å²) < 4.78 is 15.9. The number of methoxy groups -OCH3 is 2. The van der Waals surface area contributed by atoms with Crippen molar-refractivity contribution < 1.29 is 23.6 Å². The van der Waals surface area contributed by atoms with Gasteiger partial charge in [0.25, 0.3) is 0 Å². The molecule has 1 aliphatic heterocycles. The fourth-order valence-electron chi connectivity index (χ4n) is 3.93. The first-order valence-corrected chi connectivity index (χ1v) is 9.67. The second-order valence-electron chi connectivity index (χ2n) is 7.17. The summed E-state index contributed by atoms with van der Waals surface area (Å²) in [5, 5.41) is 4.02. The molecule has 0 N–H and O–H groups in total. The lowest BCUT2D eigenvalue weighted by Crippen LogP contribution is -2.32. The highest BCUT2D eigenvalue weighted by molar-refractivity contribution is 6.05. The van der Waals surface area contributed by atoms with Gasteiger partial charge in [0.05, 0.1) is 26.1 Å². The Labute approximate surface area is 168 Å². The summed E-state index contributed by atoms with van der Waals surface area (Å²) in [6.07, 6.45) is 6.37. The lowest BCUT2D eigenvalue weighted by molar-refractivity contribution is -0.139. The van der Waals surface area contributed by atoms with E-state index in [1.807, 2.05) is 18.2 Å². The number of imide groups is 1. The largest absolute Gasteiger partial charge is 0.493 e. The van der Waals surface area contributed by atoms with Crippen molar-refractivity contribution >= 4 is 11.8 Å². The zero-order valence-electron chi connectivity index (χ0n) is 16.5. The molecule has 29 heavy (non-hydrogen) atoms. The van der Waals surface area contributed by atoms with Crippen LogP contribution in [0.25, 0.3) is 11.4 Å². The van der Waals surface area contributed by atoms with E-state index in [1.165, 1.54) is 4.90 Å². The number of aromatic nitrogens is 2. The average Bonchev–Trinajstić information content (AvgIpc) is 3.32. The van der Waals surface area contributed by atoms with Crippen LogP contribution in [0.15, 0.2) is 34.9 Å². The molecule has 2 amide bonds. The van der Waals surface area contributed by atoms with Crippen molar-refractivity contribution in [3.63, 3.8) is 0 Å². The fraction of sp³-hybridized carbons (Fsp3) is 0.429. The van der Waals surface area contributed by atoms with Crippen molar-refractivity contribution in [2.75, 3.05) is 20.8 Å². The number of aryl methyl sites for hydroxylation is 1. The molecule has 0 saturated carbocycles. The minimum Gasteiger partial charge on any atom is -0.493 e. The first-order valence-electron chi connectivity index (χ1n) is 9.67. The van der Waals surface area contributed by atoms with Gasteiger partial charge in [-0.25, -0.2) is 0 Å². The number of ether oxygens (including phenoxy) is 2. The molecule has 4 rings (SSSR count). The van der Waals surface area contributed by atoms with Gasteiger partial charge in [-0.1, -0.05) is 17.3 Å². The molecule has 152 valence electrons. The Bertz CT molecular complexity index is 926. The van der Waals surface area contributed by atoms with Crippen molar-refractivity contribution in [2.24, 2.45) is 11.8 Å². The van der Waals surface area contributed by atoms with Gasteiger partial charge in [-0.2, -0.15) is 4.98 Å². The maximum absolute atomic E-state index is 12.5. The predicted molar refractivity (Wildman–Crippen MR) is 103 cm³/mol. The molecule has 2 atom stereocenters. The number of rotatable bonds is 7. The fourth-order valence-corrected chi connectivity index (χ4v) is 3.93. The Balaban J connectivity index is 1.37. The summed E-state index contributed by atoms with van der Waals surface area (Å²) in [5.41, 5.74) is 0.749. The Morgan fingerprint density at radius 3 is 2.41 bits per heavy atom. The zero-order chi connectivity index (χ0) is 20.4. The summed E-state index contributed by atoms with van der Waals surface area (Å²) in [6.45, 7) is 0.374. The zero-order valence-corrected chi connectivity index (χ0v) is 16.5. The number of fused-ring (bicyclic) bond motifs is 1. The Morgan fingerprint density at radius 2 is 1.76 bits per heavy atom. The topological polar surface area (TPSA) is 94.8 Å². The van der Waals surface area contributed by atoms with Gasteiger partial charge in [-0.15, -0.1) is 0 Å². The highest BCUT2D eigenvalue weighted by atomic mass is 16.5. The van der Waals surface area contributed by atoms with Gasteiger partial charge in [0.2, 0.25) is 23.5 Å². The van der Waals surface area contributed by atoms with Crippen LogP contribution in [0.5, 0.6) is 11.5 Å². The minimum absolute atomic E-state index is 0.0547. The SMILES string of the molecule is COc1ccc(-c2noc(CCCN3C(=O)[C@H]4CC=CC[C@@H]4C3=O)n2)cc1OC. The summed E-state index contributed by atoms with van der Waals surface area (Å²) in [5.74, 6) is 1.63. The van der Waals surface area contributed by atoms with Gasteiger partial charge in [-0.3, -0.25) is 14.5 Å². The number of carbonyl (C=O) groups is 2. The maximum Gasteiger partial charge on any atom is 0.233 e. The molecule has 0 radical (unpaired) electrons. The molecule has 8 nitrogen and oxygen atoms in total. The normalized spacial score (nSPS) is 20.8. The molecule has 1 aliphatic carbocycles. The third-order valence-electron chi connectivity index (χ3n) is 5.48. The molecule has 0 unspecified atom stereocenters. The Morgan fingerprint density at radius 1 is 1.07 bits per heavy atom. The lowest BCUT2D eigenvalue weighted by Gasteiger charge is -2.14. The average molecular weight is 397 g/mol. The number of hydrogen-bond acceptors (Lipinski definition) is 7. The molecule has 1 saturated heterocycles. The number of likely N-dealkylation sites (tertiary alicyclic amines) is 1. The van der Waals surface area contributed by atoms with E-state index in [0.717, 1.165) is 5.56 Å². The molecule has 1 fully saturated rings. The Hall–Kier alpha value is -3.16.